The van der Waals surface area contributed by atoms with Gasteiger partial charge in [0.1, 0.15) is 16.4 Å². The van der Waals surface area contributed by atoms with Crippen LogP contribution >= 0.6 is 0 Å². The lowest BCUT2D eigenvalue weighted by molar-refractivity contribution is -0.131. The molecule has 2 aromatic rings. The Balaban J connectivity index is 2.41. The van der Waals surface area contributed by atoms with Gasteiger partial charge in [0, 0.05) is 19.1 Å². The van der Waals surface area contributed by atoms with Gasteiger partial charge in [0.15, 0.2) is 0 Å². The molecule has 2 rings (SSSR count). The van der Waals surface area contributed by atoms with E-state index in [1.807, 2.05) is 0 Å². The predicted molar refractivity (Wildman–Crippen MR) is 108 cm³/mol. The number of carbonyl (C=O) groups excluding carboxylic acids is 1. The minimum absolute atomic E-state index is 0.0896. The van der Waals surface area contributed by atoms with E-state index in [0.717, 1.165) is 6.08 Å². The lowest BCUT2D eigenvalue weighted by Gasteiger charge is -2.14. The van der Waals surface area contributed by atoms with Crippen molar-refractivity contribution in [3.05, 3.63) is 48.0 Å². The van der Waals surface area contributed by atoms with Crippen molar-refractivity contribution in [1.29, 1.82) is 0 Å². The Morgan fingerprint density at radius 3 is 2.31 bits per heavy atom. The minimum Gasteiger partial charge on any atom is -0.495 e. The molecule has 2 aromatic carbocycles. The quantitative estimate of drug-likeness (QED) is 0.559. The Morgan fingerprint density at radius 1 is 1.03 bits per heavy atom. The van der Waals surface area contributed by atoms with Crippen molar-refractivity contribution < 1.29 is 32.6 Å². The number of carboxylic acids is 1. The first-order valence-corrected chi connectivity index (χ1v) is 9.72. The molecular formula is C19H20N2O7S. The summed E-state index contributed by atoms with van der Waals surface area (Å²) in [6, 6.07) is 8.64. The van der Waals surface area contributed by atoms with E-state index >= 15 is 0 Å². The molecule has 0 saturated carbocycles. The molecule has 0 aliphatic heterocycles. The number of aliphatic carboxylic acids is 1. The lowest BCUT2D eigenvalue weighted by Crippen LogP contribution is -2.15. The van der Waals surface area contributed by atoms with Crippen molar-refractivity contribution in [2.45, 2.75) is 11.8 Å². The Morgan fingerprint density at radius 2 is 1.72 bits per heavy atom. The molecule has 1 amide bonds. The monoisotopic (exact) mass is 420 g/mol. The molecule has 0 spiro atoms. The zero-order valence-electron chi connectivity index (χ0n) is 15.9. The Hall–Kier alpha value is -3.53. The summed E-state index contributed by atoms with van der Waals surface area (Å²) < 4.78 is 38.5. The fourth-order valence-electron chi connectivity index (χ4n) is 2.43. The Bertz CT molecular complexity index is 1060. The van der Waals surface area contributed by atoms with Crippen LogP contribution in [-0.2, 0) is 19.6 Å². The molecule has 0 saturated heterocycles. The van der Waals surface area contributed by atoms with Crippen LogP contribution in [0.2, 0.25) is 0 Å². The average molecular weight is 420 g/mol. The number of carboxylic acid groups (broad SMARTS) is 1. The van der Waals surface area contributed by atoms with Crippen LogP contribution in [0.5, 0.6) is 11.5 Å². The first kappa shape index (κ1) is 21.8. The number of rotatable bonds is 8. The third-order valence-corrected chi connectivity index (χ3v) is 5.06. The topological polar surface area (TPSA) is 131 Å². The number of carbonyl (C=O) groups is 2. The lowest BCUT2D eigenvalue weighted by atomic mass is 10.2. The fourth-order valence-corrected chi connectivity index (χ4v) is 3.69. The van der Waals surface area contributed by atoms with Gasteiger partial charge in [-0.3, -0.25) is 9.52 Å². The van der Waals surface area contributed by atoms with E-state index in [1.165, 1.54) is 63.6 Å². The fraction of sp³-hybridized carbons (Fsp3) is 0.158. The van der Waals surface area contributed by atoms with Gasteiger partial charge >= 0.3 is 5.97 Å². The minimum atomic E-state index is -4.08. The first-order valence-electron chi connectivity index (χ1n) is 8.23. The second kappa shape index (κ2) is 9.11. The molecule has 9 nitrogen and oxygen atoms in total. The van der Waals surface area contributed by atoms with Gasteiger partial charge in [-0.05, 0) is 35.9 Å². The Labute approximate surface area is 168 Å². The third kappa shape index (κ3) is 5.72. The molecule has 0 radical (unpaired) electrons. The van der Waals surface area contributed by atoms with Crippen molar-refractivity contribution in [2.75, 3.05) is 24.3 Å². The molecule has 0 aliphatic rings. The highest BCUT2D eigenvalue weighted by Gasteiger charge is 2.21. The molecule has 0 aliphatic carbocycles. The number of hydrogen-bond donors (Lipinski definition) is 3. The highest BCUT2D eigenvalue weighted by atomic mass is 32.2. The summed E-state index contributed by atoms with van der Waals surface area (Å²) in [5, 5.41) is 11.3. The standard InChI is InChI=1S/C19H20N2O7S/c1-12(22)20-15-7-6-14(11-17(15)28-3)21-29(25,26)18-10-13(5-9-19(23)24)4-8-16(18)27-2/h4-11,21H,1-3H3,(H,20,22)(H,23,24)/b9-5+. The van der Waals surface area contributed by atoms with Crippen molar-refractivity contribution in [2.24, 2.45) is 0 Å². The number of anilines is 2. The van der Waals surface area contributed by atoms with Crippen LogP contribution in [0.15, 0.2) is 47.4 Å². The van der Waals surface area contributed by atoms with Crippen LogP contribution in [0, 0.1) is 0 Å². The second-order valence-electron chi connectivity index (χ2n) is 5.78. The smallest absolute Gasteiger partial charge is 0.328 e. The van der Waals surface area contributed by atoms with Crippen molar-refractivity contribution in [3.63, 3.8) is 0 Å². The molecule has 29 heavy (non-hydrogen) atoms. The van der Waals surface area contributed by atoms with E-state index in [-0.39, 0.29) is 28.0 Å². The zero-order chi connectivity index (χ0) is 21.6. The molecule has 0 unspecified atom stereocenters. The maximum absolute atomic E-state index is 12.9. The van der Waals surface area contributed by atoms with Gasteiger partial charge in [-0.25, -0.2) is 13.2 Å². The number of amides is 1. The number of benzene rings is 2. The highest BCUT2D eigenvalue weighted by Crippen LogP contribution is 2.31. The van der Waals surface area contributed by atoms with Crippen LogP contribution in [-0.4, -0.2) is 39.6 Å². The average Bonchev–Trinajstić information content (AvgIpc) is 2.66. The number of hydrogen-bond acceptors (Lipinski definition) is 6. The molecule has 154 valence electrons. The maximum Gasteiger partial charge on any atom is 0.328 e. The maximum atomic E-state index is 12.9. The number of methoxy groups -OCH3 is 2. The zero-order valence-corrected chi connectivity index (χ0v) is 16.7. The van der Waals surface area contributed by atoms with Gasteiger partial charge in [0.05, 0.1) is 25.6 Å². The normalized spacial score (nSPS) is 11.1. The number of ether oxygens (including phenoxy) is 2. The first-order chi connectivity index (χ1) is 13.7. The van der Waals surface area contributed by atoms with Gasteiger partial charge in [-0.2, -0.15) is 0 Å². The van der Waals surface area contributed by atoms with Gasteiger partial charge in [0.25, 0.3) is 10.0 Å². The van der Waals surface area contributed by atoms with Gasteiger partial charge < -0.3 is 19.9 Å². The van der Waals surface area contributed by atoms with Crippen molar-refractivity contribution in [1.82, 2.24) is 0 Å². The van der Waals surface area contributed by atoms with Crippen LogP contribution < -0.4 is 19.5 Å². The van der Waals surface area contributed by atoms with Crippen molar-refractivity contribution in [3.8, 4) is 11.5 Å². The van der Waals surface area contributed by atoms with Gasteiger partial charge in [0.2, 0.25) is 5.91 Å². The van der Waals surface area contributed by atoms with Crippen LogP contribution in [0.3, 0.4) is 0 Å². The highest BCUT2D eigenvalue weighted by molar-refractivity contribution is 7.92. The van der Waals surface area contributed by atoms with Crippen LogP contribution in [0.4, 0.5) is 11.4 Å². The number of sulfonamides is 1. The summed E-state index contributed by atoms with van der Waals surface area (Å²) in [4.78, 5) is 21.8. The SMILES string of the molecule is COc1cc(NS(=O)(=O)c2cc(/C=C/C(=O)O)ccc2OC)ccc1NC(C)=O. The molecule has 3 N–H and O–H groups in total. The van der Waals surface area contributed by atoms with E-state index in [1.54, 1.807) is 0 Å². The van der Waals surface area contributed by atoms with E-state index in [0.29, 0.717) is 11.3 Å². The molecule has 0 fully saturated rings. The van der Waals surface area contributed by atoms with Gasteiger partial charge in [-0.15, -0.1) is 0 Å². The summed E-state index contributed by atoms with van der Waals surface area (Å²) in [7, 11) is -1.36. The molecule has 0 bridgehead atoms. The molecule has 0 heterocycles. The van der Waals surface area contributed by atoms with Crippen LogP contribution in [0.1, 0.15) is 12.5 Å². The van der Waals surface area contributed by atoms with E-state index in [4.69, 9.17) is 14.6 Å². The summed E-state index contributed by atoms with van der Waals surface area (Å²) >= 11 is 0. The summed E-state index contributed by atoms with van der Waals surface area (Å²) in [6.45, 7) is 1.34. The largest absolute Gasteiger partial charge is 0.495 e. The molecule has 10 heteroatoms. The summed E-state index contributed by atoms with van der Waals surface area (Å²) in [6.07, 6.45) is 2.17. The third-order valence-electron chi connectivity index (χ3n) is 3.66. The van der Waals surface area contributed by atoms with E-state index in [9.17, 15) is 18.0 Å². The molecular weight excluding hydrogens is 400 g/mol. The number of nitrogens with one attached hydrogen (secondary N) is 2. The molecule has 0 aromatic heterocycles. The van der Waals surface area contributed by atoms with E-state index in [2.05, 4.69) is 10.0 Å². The molecule has 0 atom stereocenters. The van der Waals surface area contributed by atoms with Gasteiger partial charge in [-0.1, -0.05) is 6.07 Å². The van der Waals surface area contributed by atoms with E-state index < -0.39 is 16.0 Å². The van der Waals surface area contributed by atoms with Crippen LogP contribution in [0.25, 0.3) is 6.08 Å². The second-order valence-corrected chi connectivity index (χ2v) is 7.43. The summed E-state index contributed by atoms with van der Waals surface area (Å²) in [5.41, 5.74) is 0.956. The predicted octanol–water partition coefficient (Wildman–Crippen LogP) is 2.56. The Kier molecular flexibility index (Phi) is 6.84. The van der Waals surface area contributed by atoms with Crippen molar-refractivity contribution >= 4 is 39.4 Å². The summed E-state index contributed by atoms with van der Waals surface area (Å²) in [5.74, 6) is -1.10.